The Morgan fingerprint density at radius 3 is 2.24 bits per heavy atom. The van der Waals surface area contributed by atoms with E-state index in [0.717, 1.165) is 22.7 Å². The van der Waals surface area contributed by atoms with Crippen molar-refractivity contribution in [2.45, 2.75) is 75.2 Å². The Morgan fingerprint density at radius 2 is 1.62 bits per heavy atom. The van der Waals surface area contributed by atoms with Gasteiger partial charge in [-0.3, -0.25) is 4.79 Å². The first-order valence-corrected chi connectivity index (χ1v) is 13.9. The molecule has 37 heavy (non-hydrogen) atoms. The van der Waals surface area contributed by atoms with E-state index >= 15 is 0 Å². The Kier molecular flexibility index (Phi) is 9.57. The predicted octanol–water partition coefficient (Wildman–Crippen LogP) is 4.38. The van der Waals surface area contributed by atoms with Crippen molar-refractivity contribution in [3.63, 3.8) is 0 Å². The zero-order chi connectivity index (χ0) is 27.5. The summed E-state index contributed by atoms with van der Waals surface area (Å²) in [7, 11) is 0. The minimum atomic E-state index is -1.56. The van der Waals surface area contributed by atoms with Crippen molar-refractivity contribution in [3.05, 3.63) is 32.2 Å². The zero-order valence-electron chi connectivity index (χ0n) is 20.6. The number of ether oxygens (including phenoxy) is 3. The summed E-state index contributed by atoms with van der Waals surface area (Å²) < 4.78 is 15.4. The lowest BCUT2D eigenvalue weighted by Gasteiger charge is -2.30. The van der Waals surface area contributed by atoms with Crippen LogP contribution in [0.3, 0.4) is 0 Å². The molecule has 0 amide bonds. The van der Waals surface area contributed by atoms with Gasteiger partial charge in [-0.05, 0) is 47.0 Å². The summed E-state index contributed by atoms with van der Waals surface area (Å²) >= 11 is 14.1. The van der Waals surface area contributed by atoms with Crippen LogP contribution in [0.1, 0.15) is 90.2 Å². The Balaban J connectivity index is 1.96. The van der Waals surface area contributed by atoms with Crippen molar-refractivity contribution in [2.24, 2.45) is 5.92 Å². The van der Waals surface area contributed by atoms with Gasteiger partial charge in [0.05, 0.1) is 5.92 Å². The number of nitrogens with zero attached hydrogens (tertiary/aromatic N) is 2. The van der Waals surface area contributed by atoms with Crippen molar-refractivity contribution in [1.82, 2.24) is 9.97 Å². The fraction of sp³-hybridized carbons (Fsp3) is 0.609. The van der Waals surface area contributed by atoms with Gasteiger partial charge in [-0.25, -0.2) is 19.6 Å². The maximum atomic E-state index is 13.2. The second kappa shape index (κ2) is 11.9. The molecule has 4 atom stereocenters. The number of thiazole rings is 2. The van der Waals surface area contributed by atoms with Gasteiger partial charge in [-0.15, -0.1) is 45.9 Å². The third-order valence-electron chi connectivity index (χ3n) is 5.51. The van der Waals surface area contributed by atoms with E-state index in [4.69, 9.17) is 37.4 Å². The van der Waals surface area contributed by atoms with E-state index in [-0.39, 0.29) is 27.8 Å². The number of esters is 3. The Bertz CT molecular complexity index is 1120. The van der Waals surface area contributed by atoms with Crippen LogP contribution in [0.4, 0.5) is 0 Å². The quantitative estimate of drug-likeness (QED) is 0.290. The van der Waals surface area contributed by atoms with Crippen LogP contribution in [0.5, 0.6) is 0 Å². The zero-order valence-corrected chi connectivity index (χ0v) is 23.7. The predicted molar refractivity (Wildman–Crippen MR) is 137 cm³/mol. The number of alkyl halides is 2. The third-order valence-corrected chi connectivity index (χ3v) is 7.72. The number of aromatic nitrogens is 2. The standard InChI is InChI=1S/C23H28Cl2N2O8S2/c1-11-15(6-5-7-23(4,24)25)34-21(31)13-10-36-17(26-13)14(28)8-33-20(30)12-9-37-18(27-12)16(22(2,3)32)35-19(11)29/h9-11,14-16,28,32H,5-8H2,1-4H3/t11-,14+,15+,16-/m1/s1. The highest BCUT2D eigenvalue weighted by Crippen LogP contribution is 2.34. The molecule has 14 heteroatoms. The van der Waals surface area contributed by atoms with Gasteiger partial charge in [-0.1, -0.05) is 0 Å². The van der Waals surface area contributed by atoms with Crippen molar-refractivity contribution in [1.29, 1.82) is 0 Å². The number of aliphatic hydroxyl groups excluding tert-OH is 1. The van der Waals surface area contributed by atoms with Crippen LogP contribution in [-0.2, 0) is 19.0 Å². The lowest BCUT2D eigenvalue weighted by Crippen LogP contribution is -2.37. The van der Waals surface area contributed by atoms with Crippen molar-refractivity contribution in [2.75, 3.05) is 6.61 Å². The minimum Gasteiger partial charge on any atom is -0.458 e. The number of cyclic esters (lactones) is 3. The molecule has 0 spiro atoms. The first-order chi connectivity index (χ1) is 17.2. The molecule has 0 fully saturated rings. The molecular weight excluding hydrogens is 567 g/mol. The molecule has 4 bridgehead atoms. The first kappa shape index (κ1) is 29.7. The summed E-state index contributed by atoms with van der Waals surface area (Å²) in [5.74, 6) is -3.32. The molecular formula is C23H28Cl2N2O8S2. The number of carbonyl (C=O) groups is 3. The van der Waals surface area contributed by atoms with E-state index in [0.29, 0.717) is 12.8 Å². The maximum Gasteiger partial charge on any atom is 0.358 e. The van der Waals surface area contributed by atoms with Gasteiger partial charge in [0.25, 0.3) is 0 Å². The number of fused-ring (bicyclic) bond motifs is 4. The second-order valence-electron chi connectivity index (χ2n) is 9.42. The normalized spacial score (nSPS) is 24.2. The molecule has 204 valence electrons. The van der Waals surface area contributed by atoms with Gasteiger partial charge in [0.15, 0.2) is 17.5 Å². The fourth-order valence-corrected chi connectivity index (χ4v) is 5.45. The molecule has 1 aliphatic rings. The summed E-state index contributed by atoms with van der Waals surface area (Å²) in [6.07, 6.45) is -2.38. The van der Waals surface area contributed by atoms with Crippen molar-refractivity contribution >= 4 is 63.8 Å². The molecule has 0 radical (unpaired) electrons. The molecule has 3 heterocycles. The molecule has 0 unspecified atom stereocenters. The summed E-state index contributed by atoms with van der Waals surface area (Å²) in [4.78, 5) is 46.8. The number of halogens is 2. The Hall–Kier alpha value is -1.83. The minimum absolute atomic E-state index is 0.0714. The Labute approximate surface area is 231 Å². The topological polar surface area (TPSA) is 145 Å². The van der Waals surface area contributed by atoms with Crippen LogP contribution in [0.2, 0.25) is 0 Å². The average molecular weight is 596 g/mol. The summed E-state index contributed by atoms with van der Waals surface area (Å²) in [6.45, 7) is 5.62. The SMILES string of the molecule is C[C@H]1C(=O)O[C@@H](C(C)(C)O)c2nc(cs2)C(=O)OC[C@H](O)c2nc(cs2)C(=O)O[C@H]1CCCC(C)(Cl)Cl. The molecule has 0 aliphatic carbocycles. The molecule has 2 aromatic rings. The van der Waals surface area contributed by atoms with Gasteiger partial charge in [-0.2, -0.15) is 0 Å². The number of rotatable bonds is 5. The number of hydrogen-bond acceptors (Lipinski definition) is 12. The van der Waals surface area contributed by atoms with Gasteiger partial charge in [0.1, 0.15) is 38.8 Å². The van der Waals surface area contributed by atoms with Crippen LogP contribution in [0.25, 0.3) is 0 Å². The van der Waals surface area contributed by atoms with Crippen molar-refractivity contribution < 1.29 is 38.8 Å². The molecule has 3 rings (SSSR count). The van der Waals surface area contributed by atoms with Gasteiger partial charge in [0, 0.05) is 10.8 Å². The third kappa shape index (κ3) is 8.08. The molecule has 0 aromatic carbocycles. The largest absolute Gasteiger partial charge is 0.458 e. The molecule has 1 aliphatic heterocycles. The van der Waals surface area contributed by atoms with E-state index in [1.807, 2.05) is 0 Å². The number of aliphatic hydroxyl groups is 2. The van der Waals surface area contributed by atoms with Crippen LogP contribution >= 0.6 is 45.9 Å². The molecule has 0 saturated carbocycles. The summed E-state index contributed by atoms with van der Waals surface area (Å²) in [5.41, 5.74) is -1.70. The van der Waals surface area contributed by atoms with E-state index in [1.54, 1.807) is 6.92 Å². The van der Waals surface area contributed by atoms with Crippen LogP contribution in [0, 0.1) is 5.92 Å². The van der Waals surface area contributed by atoms with E-state index in [1.165, 1.54) is 31.5 Å². The van der Waals surface area contributed by atoms with Gasteiger partial charge in [0.2, 0.25) is 0 Å². The van der Waals surface area contributed by atoms with Gasteiger partial charge < -0.3 is 24.4 Å². The van der Waals surface area contributed by atoms with Crippen LogP contribution in [0.15, 0.2) is 10.8 Å². The average Bonchev–Trinajstić information content (AvgIpc) is 3.47. The molecule has 10 nitrogen and oxygen atoms in total. The summed E-state index contributed by atoms with van der Waals surface area (Å²) in [5, 5.41) is 24.2. The van der Waals surface area contributed by atoms with E-state index < -0.39 is 58.7 Å². The highest BCUT2D eigenvalue weighted by Gasteiger charge is 2.39. The first-order valence-electron chi connectivity index (χ1n) is 11.4. The lowest BCUT2D eigenvalue weighted by molar-refractivity contribution is -0.171. The monoisotopic (exact) mass is 594 g/mol. The number of carbonyl (C=O) groups excluding carboxylic acids is 3. The highest BCUT2D eigenvalue weighted by atomic mass is 35.5. The fourth-order valence-electron chi connectivity index (χ4n) is 3.43. The maximum absolute atomic E-state index is 13.2. The number of hydrogen-bond donors (Lipinski definition) is 2. The van der Waals surface area contributed by atoms with Crippen LogP contribution < -0.4 is 0 Å². The Morgan fingerprint density at radius 1 is 1.03 bits per heavy atom. The smallest absolute Gasteiger partial charge is 0.358 e. The van der Waals surface area contributed by atoms with E-state index in [9.17, 15) is 24.6 Å². The van der Waals surface area contributed by atoms with Gasteiger partial charge >= 0.3 is 17.9 Å². The second-order valence-corrected chi connectivity index (χ2v) is 13.1. The summed E-state index contributed by atoms with van der Waals surface area (Å²) in [6, 6.07) is 0. The van der Waals surface area contributed by atoms with Crippen molar-refractivity contribution in [3.8, 4) is 0 Å². The lowest BCUT2D eigenvalue weighted by atomic mass is 9.97. The van der Waals surface area contributed by atoms with E-state index in [2.05, 4.69) is 9.97 Å². The molecule has 2 N–H and O–H groups in total. The molecule has 2 aromatic heterocycles. The van der Waals surface area contributed by atoms with Crippen LogP contribution in [-0.4, -0.2) is 60.7 Å². The molecule has 0 saturated heterocycles. The highest BCUT2D eigenvalue weighted by molar-refractivity contribution is 7.10.